The SMILES string of the molecule is COc1cc(Nc2ncnc3cc(OC)c(OC4CCN(C(=O)CN(C)C)CC4)cc23)ccc1OCc1cccc(F)c1. The topological polar surface area (TPSA) is 98.3 Å². The van der Waals surface area contributed by atoms with Gasteiger partial charge in [-0.25, -0.2) is 14.4 Å². The smallest absolute Gasteiger partial charge is 0.236 e. The highest BCUT2D eigenvalue weighted by Crippen LogP contribution is 2.37. The Morgan fingerprint density at radius 2 is 1.74 bits per heavy atom. The van der Waals surface area contributed by atoms with Crippen molar-refractivity contribution in [2.45, 2.75) is 25.6 Å². The van der Waals surface area contributed by atoms with Crippen LogP contribution in [0, 0.1) is 5.82 Å². The summed E-state index contributed by atoms with van der Waals surface area (Å²) in [6.07, 6.45) is 2.88. The summed E-state index contributed by atoms with van der Waals surface area (Å²) in [6.45, 7) is 1.89. The van der Waals surface area contributed by atoms with Crippen LogP contribution in [0.15, 0.2) is 60.9 Å². The van der Waals surface area contributed by atoms with Gasteiger partial charge in [0, 0.05) is 49.1 Å². The first-order valence-corrected chi connectivity index (χ1v) is 14.1. The van der Waals surface area contributed by atoms with Crippen molar-refractivity contribution >= 4 is 28.3 Å². The highest BCUT2D eigenvalue weighted by molar-refractivity contribution is 5.93. The standard InChI is InChI=1S/C32H36FN5O5/c1-37(2)18-31(39)38-12-10-24(11-13-38)43-30-16-25-26(17-29(30)41-4)34-20-35-32(25)36-23-8-9-27(28(15-23)40-3)42-19-21-6-5-7-22(33)14-21/h5-9,14-17,20,24H,10-13,18-19H2,1-4H3,(H,34,35,36). The average molecular weight is 590 g/mol. The molecule has 4 aromatic rings. The zero-order valence-electron chi connectivity index (χ0n) is 24.8. The fourth-order valence-electron chi connectivity index (χ4n) is 4.98. The van der Waals surface area contributed by atoms with Gasteiger partial charge in [0.05, 0.1) is 26.3 Å². The molecule has 5 rings (SSSR count). The second-order valence-corrected chi connectivity index (χ2v) is 10.6. The number of likely N-dealkylation sites (tertiary alicyclic amines) is 1. The van der Waals surface area contributed by atoms with Gasteiger partial charge in [0.2, 0.25) is 5.91 Å². The summed E-state index contributed by atoms with van der Waals surface area (Å²) in [5, 5.41) is 4.10. The van der Waals surface area contributed by atoms with Gasteiger partial charge in [-0.3, -0.25) is 4.79 Å². The lowest BCUT2D eigenvalue weighted by Gasteiger charge is -2.33. The molecule has 3 aromatic carbocycles. The molecule has 0 saturated carbocycles. The molecule has 1 aliphatic rings. The Morgan fingerprint density at radius 3 is 2.47 bits per heavy atom. The number of amides is 1. The monoisotopic (exact) mass is 589 g/mol. The molecule has 1 saturated heterocycles. The molecular formula is C32H36FN5O5. The first-order valence-electron chi connectivity index (χ1n) is 14.1. The number of nitrogens with zero attached hydrogens (tertiary/aromatic N) is 4. The highest BCUT2D eigenvalue weighted by Gasteiger charge is 2.25. The minimum atomic E-state index is -0.312. The Labute approximate surface area is 250 Å². The van der Waals surface area contributed by atoms with Gasteiger partial charge in [0.1, 0.15) is 30.7 Å². The summed E-state index contributed by atoms with van der Waals surface area (Å²) >= 11 is 0. The van der Waals surface area contributed by atoms with E-state index >= 15 is 0 Å². The van der Waals surface area contributed by atoms with Crippen LogP contribution in [-0.2, 0) is 11.4 Å². The molecule has 0 radical (unpaired) electrons. The number of aromatic nitrogens is 2. The normalized spacial score (nSPS) is 13.7. The fraction of sp³-hybridized carbons (Fsp3) is 0.344. The number of halogens is 1. The Balaban J connectivity index is 1.31. The van der Waals surface area contributed by atoms with Crippen LogP contribution in [-0.4, -0.2) is 79.7 Å². The van der Waals surface area contributed by atoms with Crippen LogP contribution in [0.3, 0.4) is 0 Å². The molecule has 0 bridgehead atoms. The van der Waals surface area contributed by atoms with Crippen molar-refractivity contribution in [3.05, 3.63) is 72.3 Å². The molecule has 43 heavy (non-hydrogen) atoms. The maximum absolute atomic E-state index is 13.5. The molecular weight excluding hydrogens is 553 g/mol. The van der Waals surface area contributed by atoms with Crippen LogP contribution in [0.5, 0.6) is 23.0 Å². The van der Waals surface area contributed by atoms with Crippen LogP contribution in [0.4, 0.5) is 15.9 Å². The Morgan fingerprint density at radius 1 is 0.977 bits per heavy atom. The van der Waals surface area contributed by atoms with E-state index in [1.165, 1.54) is 18.5 Å². The van der Waals surface area contributed by atoms with E-state index in [-0.39, 0.29) is 24.4 Å². The number of anilines is 2. The van der Waals surface area contributed by atoms with Gasteiger partial charge in [-0.15, -0.1) is 0 Å². The minimum Gasteiger partial charge on any atom is -0.493 e. The zero-order valence-corrected chi connectivity index (χ0v) is 24.8. The number of fused-ring (bicyclic) bond motifs is 1. The lowest BCUT2D eigenvalue weighted by atomic mass is 10.1. The fourth-order valence-corrected chi connectivity index (χ4v) is 4.98. The number of methoxy groups -OCH3 is 2. The lowest BCUT2D eigenvalue weighted by molar-refractivity contribution is -0.133. The molecule has 0 unspecified atom stereocenters. The lowest BCUT2D eigenvalue weighted by Crippen LogP contribution is -2.45. The second-order valence-electron chi connectivity index (χ2n) is 10.6. The predicted octanol–water partition coefficient (Wildman–Crippen LogP) is 5.04. The number of piperidine rings is 1. The number of hydrogen-bond acceptors (Lipinski definition) is 9. The van der Waals surface area contributed by atoms with Gasteiger partial charge in [0.25, 0.3) is 0 Å². The van der Waals surface area contributed by atoms with Crippen LogP contribution < -0.4 is 24.3 Å². The zero-order chi connectivity index (χ0) is 30.3. The third-order valence-electron chi connectivity index (χ3n) is 7.17. The molecule has 0 spiro atoms. The maximum atomic E-state index is 13.5. The largest absolute Gasteiger partial charge is 0.493 e. The van der Waals surface area contributed by atoms with Crippen molar-refractivity contribution in [3.63, 3.8) is 0 Å². The van der Waals surface area contributed by atoms with Gasteiger partial charge in [-0.05, 0) is 50.0 Å². The third-order valence-corrected chi connectivity index (χ3v) is 7.17. The van der Waals surface area contributed by atoms with Crippen molar-refractivity contribution in [2.75, 3.05) is 53.3 Å². The van der Waals surface area contributed by atoms with Crippen molar-refractivity contribution in [3.8, 4) is 23.0 Å². The Bertz CT molecular complexity index is 1580. The predicted molar refractivity (Wildman–Crippen MR) is 162 cm³/mol. The van der Waals surface area contributed by atoms with E-state index in [9.17, 15) is 9.18 Å². The van der Waals surface area contributed by atoms with Crippen molar-refractivity contribution < 1.29 is 28.1 Å². The summed E-state index contributed by atoms with van der Waals surface area (Å²) in [6, 6.07) is 15.4. The number of benzene rings is 3. The van der Waals surface area contributed by atoms with E-state index < -0.39 is 0 Å². The summed E-state index contributed by atoms with van der Waals surface area (Å²) < 4.78 is 37.0. The average Bonchev–Trinajstić information content (AvgIpc) is 3.00. The molecule has 11 heteroatoms. The van der Waals surface area contributed by atoms with Gasteiger partial charge in [0.15, 0.2) is 23.0 Å². The first kappa shape index (κ1) is 29.8. The Hall–Kier alpha value is -4.64. The van der Waals surface area contributed by atoms with E-state index in [1.807, 2.05) is 42.1 Å². The molecule has 1 aromatic heterocycles. The molecule has 0 aliphatic carbocycles. The number of likely N-dealkylation sites (N-methyl/N-ethyl adjacent to an activating group) is 1. The van der Waals surface area contributed by atoms with E-state index in [0.29, 0.717) is 59.5 Å². The van der Waals surface area contributed by atoms with Crippen molar-refractivity contribution in [2.24, 2.45) is 0 Å². The van der Waals surface area contributed by atoms with E-state index in [2.05, 4.69) is 15.3 Å². The van der Waals surface area contributed by atoms with Gasteiger partial charge in [-0.1, -0.05) is 12.1 Å². The van der Waals surface area contributed by atoms with E-state index in [1.54, 1.807) is 38.5 Å². The molecule has 0 atom stereocenters. The number of nitrogens with one attached hydrogen (secondary N) is 1. The number of carbonyl (C=O) groups excluding carboxylic acids is 1. The summed E-state index contributed by atoms with van der Waals surface area (Å²) in [7, 11) is 6.95. The number of hydrogen-bond donors (Lipinski definition) is 1. The van der Waals surface area contributed by atoms with Crippen LogP contribution in [0.25, 0.3) is 10.9 Å². The molecule has 2 heterocycles. The molecule has 226 valence electrons. The van der Waals surface area contributed by atoms with Crippen LogP contribution in [0.2, 0.25) is 0 Å². The summed E-state index contributed by atoms with van der Waals surface area (Å²) in [4.78, 5) is 25.1. The molecule has 1 N–H and O–H groups in total. The van der Waals surface area contributed by atoms with Crippen LogP contribution >= 0.6 is 0 Å². The van der Waals surface area contributed by atoms with Crippen molar-refractivity contribution in [1.82, 2.24) is 19.8 Å². The van der Waals surface area contributed by atoms with E-state index in [4.69, 9.17) is 18.9 Å². The number of rotatable bonds is 11. The third kappa shape index (κ3) is 7.42. The summed E-state index contributed by atoms with van der Waals surface area (Å²) in [5.74, 6) is 2.60. The van der Waals surface area contributed by atoms with E-state index in [0.717, 1.165) is 23.9 Å². The van der Waals surface area contributed by atoms with Gasteiger partial charge in [-0.2, -0.15) is 0 Å². The molecule has 1 amide bonds. The Kier molecular flexibility index (Phi) is 9.41. The summed E-state index contributed by atoms with van der Waals surface area (Å²) in [5.41, 5.74) is 2.13. The van der Waals surface area contributed by atoms with Gasteiger partial charge >= 0.3 is 0 Å². The maximum Gasteiger partial charge on any atom is 0.236 e. The van der Waals surface area contributed by atoms with Crippen LogP contribution in [0.1, 0.15) is 18.4 Å². The van der Waals surface area contributed by atoms with Crippen molar-refractivity contribution in [1.29, 1.82) is 0 Å². The molecule has 1 aliphatic heterocycles. The first-order chi connectivity index (χ1) is 20.8. The number of ether oxygens (including phenoxy) is 4. The molecule has 1 fully saturated rings. The number of carbonyl (C=O) groups is 1. The molecule has 10 nitrogen and oxygen atoms in total. The quantitative estimate of drug-likeness (QED) is 0.258. The van der Waals surface area contributed by atoms with Gasteiger partial charge < -0.3 is 34.1 Å². The second kappa shape index (κ2) is 13.6. The highest BCUT2D eigenvalue weighted by atomic mass is 19.1. The minimum absolute atomic E-state index is 0.0556.